The van der Waals surface area contributed by atoms with Crippen LogP contribution in [0.2, 0.25) is 5.02 Å². The van der Waals surface area contributed by atoms with E-state index in [0.29, 0.717) is 11.5 Å². The number of rotatable bonds is 2. The second-order valence-electron chi connectivity index (χ2n) is 4.99. The van der Waals surface area contributed by atoms with Crippen molar-refractivity contribution in [2.24, 2.45) is 11.7 Å². The molecule has 80 valence electrons. The number of hydrogen-bond donors (Lipinski definition) is 1. The van der Waals surface area contributed by atoms with Crippen LogP contribution in [-0.2, 0) is 5.41 Å². The van der Waals surface area contributed by atoms with E-state index in [4.69, 9.17) is 17.3 Å². The van der Waals surface area contributed by atoms with E-state index < -0.39 is 0 Å². The summed E-state index contributed by atoms with van der Waals surface area (Å²) in [6.07, 6.45) is 5.26. The highest BCUT2D eigenvalue weighted by Crippen LogP contribution is 2.58. The molecule has 0 heterocycles. The van der Waals surface area contributed by atoms with Gasteiger partial charge >= 0.3 is 0 Å². The molecular formula is C13H16ClN. The molecular weight excluding hydrogens is 206 g/mol. The molecule has 1 aromatic carbocycles. The van der Waals surface area contributed by atoms with Crippen molar-refractivity contribution in [3.8, 4) is 0 Å². The summed E-state index contributed by atoms with van der Waals surface area (Å²) in [6, 6.07) is 8.68. The van der Waals surface area contributed by atoms with E-state index in [1.54, 1.807) is 0 Å². The van der Waals surface area contributed by atoms with Gasteiger partial charge in [-0.05, 0) is 42.9 Å². The Hall–Kier alpha value is -0.530. The van der Waals surface area contributed by atoms with Gasteiger partial charge in [0.05, 0.1) is 0 Å². The Labute approximate surface area is 95.6 Å². The largest absolute Gasteiger partial charge is 0.327 e. The molecule has 1 aromatic rings. The summed E-state index contributed by atoms with van der Waals surface area (Å²) in [6.45, 7) is 0. The van der Waals surface area contributed by atoms with Gasteiger partial charge in [-0.25, -0.2) is 0 Å². The quantitative estimate of drug-likeness (QED) is 0.816. The van der Waals surface area contributed by atoms with E-state index in [1.807, 2.05) is 12.1 Å². The molecule has 2 atom stereocenters. The zero-order valence-electron chi connectivity index (χ0n) is 8.75. The fourth-order valence-electron chi connectivity index (χ4n) is 3.03. The maximum atomic E-state index is 6.15. The maximum Gasteiger partial charge on any atom is 0.0406 e. The van der Waals surface area contributed by atoms with Crippen molar-refractivity contribution in [3.63, 3.8) is 0 Å². The van der Waals surface area contributed by atoms with Gasteiger partial charge in [-0.1, -0.05) is 30.2 Å². The molecule has 3 rings (SSSR count). The van der Waals surface area contributed by atoms with Crippen molar-refractivity contribution in [2.45, 2.75) is 37.1 Å². The van der Waals surface area contributed by atoms with Gasteiger partial charge in [0.2, 0.25) is 0 Å². The second kappa shape index (κ2) is 3.23. The van der Waals surface area contributed by atoms with Crippen LogP contribution in [-0.4, -0.2) is 6.04 Å². The van der Waals surface area contributed by atoms with E-state index in [2.05, 4.69) is 12.1 Å². The summed E-state index contributed by atoms with van der Waals surface area (Å²) in [5, 5.41) is 0.816. The fourth-order valence-corrected chi connectivity index (χ4v) is 3.15. The fraction of sp³-hybridized carbons (Fsp3) is 0.538. The van der Waals surface area contributed by atoms with Crippen molar-refractivity contribution >= 4 is 11.6 Å². The Balaban J connectivity index is 1.93. The van der Waals surface area contributed by atoms with Gasteiger partial charge in [0.15, 0.2) is 0 Å². The lowest BCUT2D eigenvalue weighted by Crippen LogP contribution is -2.32. The molecule has 2 heteroatoms. The number of nitrogens with two attached hydrogens (primary N) is 1. The summed E-state index contributed by atoms with van der Waals surface area (Å²) in [5.41, 5.74) is 7.86. The Morgan fingerprint density at radius 3 is 2.20 bits per heavy atom. The van der Waals surface area contributed by atoms with E-state index in [0.717, 1.165) is 10.9 Å². The van der Waals surface area contributed by atoms with Crippen LogP contribution in [0.4, 0.5) is 0 Å². The zero-order valence-corrected chi connectivity index (χ0v) is 9.50. The molecule has 0 aliphatic heterocycles. The van der Waals surface area contributed by atoms with E-state index in [1.165, 1.54) is 31.2 Å². The second-order valence-corrected chi connectivity index (χ2v) is 5.42. The Kier molecular flexibility index (Phi) is 2.08. The lowest BCUT2D eigenvalue weighted by atomic mass is 9.70. The third-order valence-corrected chi connectivity index (χ3v) is 4.53. The minimum atomic E-state index is 0.308. The van der Waals surface area contributed by atoms with Gasteiger partial charge < -0.3 is 5.73 Å². The average Bonchev–Trinajstić information content (AvgIpc) is 2.76. The molecule has 2 aliphatic carbocycles. The minimum Gasteiger partial charge on any atom is -0.327 e. The third-order valence-electron chi connectivity index (χ3n) is 4.27. The van der Waals surface area contributed by atoms with Gasteiger partial charge in [-0.15, -0.1) is 0 Å². The van der Waals surface area contributed by atoms with Crippen molar-refractivity contribution in [3.05, 3.63) is 34.9 Å². The van der Waals surface area contributed by atoms with Crippen molar-refractivity contribution in [1.29, 1.82) is 0 Å². The van der Waals surface area contributed by atoms with E-state index >= 15 is 0 Å². The Morgan fingerprint density at radius 2 is 1.80 bits per heavy atom. The third kappa shape index (κ3) is 1.33. The first-order chi connectivity index (χ1) is 7.23. The smallest absolute Gasteiger partial charge is 0.0406 e. The molecule has 2 aliphatic rings. The van der Waals surface area contributed by atoms with Crippen LogP contribution in [0.15, 0.2) is 24.3 Å². The zero-order chi connectivity index (χ0) is 10.5. The molecule has 15 heavy (non-hydrogen) atoms. The molecule has 1 nitrogen and oxygen atoms in total. The van der Waals surface area contributed by atoms with Crippen LogP contribution in [0.25, 0.3) is 0 Å². The van der Waals surface area contributed by atoms with Crippen LogP contribution in [0.5, 0.6) is 0 Å². The normalized spacial score (nSPS) is 34.9. The van der Waals surface area contributed by atoms with Gasteiger partial charge in [-0.3, -0.25) is 0 Å². The van der Waals surface area contributed by atoms with Crippen molar-refractivity contribution in [1.82, 2.24) is 0 Å². The lowest BCUT2D eigenvalue weighted by molar-refractivity contribution is 0.240. The van der Waals surface area contributed by atoms with Crippen LogP contribution in [0, 0.1) is 5.92 Å². The molecule has 2 fully saturated rings. The Bertz CT molecular complexity index is 369. The van der Waals surface area contributed by atoms with Crippen LogP contribution >= 0.6 is 11.6 Å². The van der Waals surface area contributed by atoms with Gasteiger partial charge in [-0.2, -0.15) is 0 Å². The van der Waals surface area contributed by atoms with Crippen molar-refractivity contribution in [2.75, 3.05) is 0 Å². The lowest BCUT2D eigenvalue weighted by Gasteiger charge is -2.35. The number of hydrogen-bond acceptors (Lipinski definition) is 1. The summed E-state index contributed by atoms with van der Waals surface area (Å²) >= 11 is 5.91. The standard InChI is InChI=1S/C13H16ClN/c14-11-6-4-10(5-7-11)13(8-12(13)15)9-2-1-3-9/h4-7,9,12H,1-3,8,15H2/t12-,13?/m1/s1. The average molecular weight is 222 g/mol. The monoisotopic (exact) mass is 221 g/mol. The minimum absolute atomic E-state index is 0.308. The predicted octanol–water partition coefficient (Wildman–Crippen LogP) is 3.11. The summed E-state index contributed by atoms with van der Waals surface area (Å²) in [7, 11) is 0. The van der Waals surface area contributed by atoms with Gasteiger partial charge in [0, 0.05) is 16.5 Å². The Morgan fingerprint density at radius 1 is 1.20 bits per heavy atom. The van der Waals surface area contributed by atoms with Crippen LogP contribution in [0.3, 0.4) is 0 Å². The first kappa shape index (κ1) is 9.68. The van der Waals surface area contributed by atoms with Crippen LogP contribution < -0.4 is 5.73 Å². The molecule has 0 bridgehead atoms. The molecule has 1 unspecified atom stereocenters. The topological polar surface area (TPSA) is 26.0 Å². The maximum absolute atomic E-state index is 6.15. The van der Waals surface area contributed by atoms with Gasteiger partial charge in [0.1, 0.15) is 0 Å². The highest BCUT2D eigenvalue weighted by atomic mass is 35.5. The first-order valence-electron chi connectivity index (χ1n) is 5.75. The summed E-state index contributed by atoms with van der Waals surface area (Å²) in [5.74, 6) is 0.827. The van der Waals surface area contributed by atoms with Crippen LogP contribution in [0.1, 0.15) is 31.2 Å². The number of halogens is 1. The molecule has 0 amide bonds. The highest BCUT2D eigenvalue weighted by molar-refractivity contribution is 6.30. The SMILES string of the molecule is N[C@@H]1CC1(c1ccc(Cl)cc1)C1CCC1. The van der Waals surface area contributed by atoms with E-state index in [9.17, 15) is 0 Å². The highest BCUT2D eigenvalue weighted by Gasteiger charge is 2.59. The molecule has 2 N–H and O–H groups in total. The molecule has 0 saturated heterocycles. The summed E-state index contributed by atoms with van der Waals surface area (Å²) in [4.78, 5) is 0. The summed E-state index contributed by atoms with van der Waals surface area (Å²) < 4.78 is 0. The van der Waals surface area contributed by atoms with Gasteiger partial charge in [0.25, 0.3) is 0 Å². The molecule has 0 spiro atoms. The van der Waals surface area contributed by atoms with E-state index in [-0.39, 0.29) is 0 Å². The van der Waals surface area contributed by atoms with Crippen molar-refractivity contribution < 1.29 is 0 Å². The first-order valence-corrected chi connectivity index (χ1v) is 6.13. The predicted molar refractivity (Wildman–Crippen MR) is 63.1 cm³/mol. The molecule has 0 aromatic heterocycles. The molecule has 2 saturated carbocycles. The number of benzene rings is 1. The molecule has 0 radical (unpaired) electrons.